The van der Waals surface area contributed by atoms with E-state index in [4.69, 9.17) is 17.3 Å². The molecule has 0 aliphatic carbocycles. The minimum Gasteiger partial charge on any atom is -0.321 e. The highest BCUT2D eigenvalue weighted by atomic mass is 35.5. The van der Waals surface area contributed by atoms with E-state index in [1.165, 1.54) is 18.2 Å². The molecule has 0 saturated heterocycles. The first kappa shape index (κ1) is 14.7. The van der Waals surface area contributed by atoms with Crippen LogP contribution in [-0.2, 0) is 17.6 Å². The number of carbonyl (C=O) groups is 1. The van der Waals surface area contributed by atoms with Crippen LogP contribution < -0.4 is 5.73 Å². The van der Waals surface area contributed by atoms with Gasteiger partial charge < -0.3 is 5.73 Å². The van der Waals surface area contributed by atoms with Crippen molar-refractivity contribution in [2.75, 3.05) is 0 Å². The van der Waals surface area contributed by atoms with Gasteiger partial charge in [-0.25, -0.2) is 4.39 Å². The number of rotatable bonds is 5. The first-order valence-electron chi connectivity index (χ1n) is 6.32. The van der Waals surface area contributed by atoms with Crippen molar-refractivity contribution in [3.8, 4) is 0 Å². The molecule has 0 amide bonds. The molecule has 0 fully saturated rings. The van der Waals surface area contributed by atoms with Gasteiger partial charge in [-0.3, -0.25) is 4.79 Å². The van der Waals surface area contributed by atoms with Gasteiger partial charge in [0, 0.05) is 11.4 Å². The van der Waals surface area contributed by atoms with E-state index in [1.54, 1.807) is 0 Å². The van der Waals surface area contributed by atoms with Crippen LogP contribution >= 0.6 is 11.6 Å². The lowest BCUT2D eigenvalue weighted by molar-refractivity contribution is -0.119. The average molecular weight is 292 g/mol. The summed E-state index contributed by atoms with van der Waals surface area (Å²) in [5.74, 6) is -0.635. The fraction of sp³-hybridized carbons (Fsp3) is 0.188. The monoisotopic (exact) mass is 291 g/mol. The van der Waals surface area contributed by atoms with Gasteiger partial charge in [0.25, 0.3) is 0 Å². The number of hydrogen-bond donors (Lipinski definition) is 1. The van der Waals surface area contributed by atoms with Crippen LogP contribution in [0.1, 0.15) is 11.1 Å². The molecule has 1 unspecified atom stereocenters. The Balaban J connectivity index is 2.02. The number of hydrogen-bond acceptors (Lipinski definition) is 2. The molecular weight excluding hydrogens is 277 g/mol. The summed E-state index contributed by atoms with van der Waals surface area (Å²) in [6.45, 7) is 0. The van der Waals surface area contributed by atoms with Gasteiger partial charge in [-0.1, -0.05) is 41.9 Å². The van der Waals surface area contributed by atoms with E-state index in [9.17, 15) is 9.18 Å². The lowest BCUT2D eigenvalue weighted by atomic mass is 9.98. The summed E-state index contributed by atoms with van der Waals surface area (Å²) in [5, 5.41) is 0.408. The Morgan fingerprint density at radius 3 is 2.60 bits per heavy atom. The van der Waals surface area contributed by atoms with Gasteiger partial charge in [0.2, 0.25) is 0 Å². The molecule has 0 aliphatic heterocycles. The van der Waals surface area contributed by atoms with Crippen LogP contribution in [0.3, 0.4) is 0 Å². The predicted molar refractivity (Wildman–Crippen MR) is 78.2 cm³/mol. The number of Topliss-reactive ketones (excluding diaryl/α,β-unsaturated/α-hetero) is 1. The molecule has 0 heterocycles. The van der Waals surface area contributed by atoms with Gasteiger partial charge in [-0.15, -0.1) is 0 Å². The van der Waals surface area contributed by atoms with Crippen LogP contribution in [0.2, 0.25) is 5.02 Å². The normalized spacial score (nSPS) is 12.2. The maximum Gasteiger partial charge on any atom is 0.154 e. The Hall–Kier alpha value is -1.71. The lowest BCUT2D eigenvalue weighted by Crippen LogP contribution is -2.34. The minimum atomic E-state index is -0.643. The number of ketones is 1. The Labute approximate surface area is 122 Å². The summed E-state index contributed by atoms with van der Waals surface area (Å²) >= 11 is 5.80. The van der Waals surface area contributed by atoms with Crippen LogP contribution in [0.4, 0.5) is 4.39 Å². The molecule has 2 nitrogen and oxygen atoms in total. The second-order valence-corrected chi connectivity index (χ2v) is 5.11. The molecule has 4 heteroatoms. The van der Waals surface area contributed by atoms with Crippen LogP contribution in [0.15, 0.2) is 48.5 Å². The van der Waals surface area contributed by atoms with Gasteiger partial charge in [-0.05, 0) is 35.7 Å². The van der Waals surface area contributed by atoms with Gasteiger partial charge in [0.1, 0.15) is 5.82 Å². The topological polar surface area (TPSA) is 43.1 Å². The minimum absolute atomic E-state index is 0.0413. The number of nitrogens with two attached hydrogens (primary N) is 1. The summed E-state index contributed by atoms with van der Waals surface area (Å²) in [7, 11) is 0. The van der Waals surface area contributed by atoms with Crippen molar-refractivity contribution in [3.63, 3.8) is 0 Å². The standard InChI is InChI=1S/C16H15ClFNO/c17-13-6-7-14(18)12(9-13)10-16(20)15(19)8-11-4-2-1-3-5-11/h1-7,9,15H,8,10,19H2. The third kappa shape index (κ3) is 3.89. The molecule has 0 aliphatic rings. The van der Waals surface area contributed by atoms with E-state index in [2.05, 4.69) is 0 Å². The van der Waals surface area contributed by atoms with Gasteiger partial charge in [0.05, 0.1) is 6.04 Å². The average Bonchev–Trinajstić information content (AvgIpc) is 2.44. The largest absolute Gasteiger partial charge is 0.321 e. The van der Waals surface area contributed by atoms with Crippen molar-refractivity contribution in [1.82, 2.24) is 0 Å². The molecule has 104 valence electrons. The molecular formula is C16H15ClFNO. The summed E-state index contributed by atoms with van der Waals surface area (Å²) in [6.07, 6.45) is 0.405. The Morgan fingerprint density at radius 1 is 1.20 bits per heavy atom. The second-order valence-electron chi connectivity index (χ2n) is 4.68. The lowest BCUT2D eigenvalue weighted by Gasteiger charge is -2.11. The molecule has 20 heavy (non-hydrogen) atoms. The fourth-order valence-electron chi connectivity index (χ4n) is 1.98. The molecule has 0 radical (unpaired) electrons. The molecule has 2 aromatic carbocycles. The zero-order chi connectivity index (χ0) is 14.5. The van der Waals surface area contributed by atoms with Crippen molar-refractivity contribution >= 4 is 17.4 Å². The number of benzene rings is 2. The smallest absolute Gasteiger partial charge is 0.154 e. The molecule has 2 N–H and O–H groups in total. The third-order valence-corrected chi connectivity index (χ3v) is 3.32. The summed E-state index contributed by atoms with van der Waals surface area (Å²) < 4.78 is 13.6. The zero-order valence-electron chi connectivity index (χ0n) is 10.9. The van der Waals surface area contributed by atoms with Crippen molar-refractivity contribution in [3.05, 3.63) is 70.5 Å². The van der Waals surface area contributed by atoms with Crippen molar-refractivity contribution in [2.24, 2.45) is 5.73 Å². The van der Waals surface area contributed by atoms with E-state index in [-0.39, 0.29) is 17.8 Å². The maximum absolute atomic E-state index is 13.6. The molecule has 0 saturated carbocycles. The quantitative estimate of drug-likeness (QED) is 0.919. The molecule has 0 spiro atoms. The highest BCUT2D eigenvalue weighted by molar-refractivity contribution is 6.30. The van der Waals surface area contributed by atoms with Crippen LogP contribution in [0.5, 0.6) is 0 Å². The van der Waals surface area contributed by atoms with Crippen LogP contribution in [-0.4, -0.2) is 11.8 Å². The van der Waals surface area contributed by atoms with Crippen LogP contribution in [0, 0.1) is 5.82 Å². The van der Waals surface area contributed by atoms with Crippen molar-refractivity contribution in [1.29, 1.82) is 0 Å². The molecule has 0 aromatic heterocycles. The third-order valence-electron chi connectivity index (χ3n) is 3.08. The van der Waals surface area contributed by atoms with Crippen molar-refractivity contribution < 1.29 is 9.18 Å². The predicted octanol–water partition coefficient (Wildman–Crippen LogP) is 3.16. The number of carbonyl (C=O) groups excluding carboxylic acids is 1. The molecule has 2 rings (SSSR count). The first-order valence-corrected chi connectivity index (χ1v) is 6.70. The van der Waals surface area contributed by atoms with Gasteiger partial charge in [0.15, 0.2) is 5.78 Å². The van der Waals surface area contributed by atoms with E-state index in [1.807, 2.05) is 30.3 Å². The highest BCUT2D eigenvalue weighted by Crippen LogP contribution is 2.16. The first-order chi connectivity index (χ1) is 9.56. The summed E-state index contributed by atoms with van der Waals surface area (Å²) in [4.78, 5) is 12.0. The SMILES string of the molecule is NC(Cc1ccccc1)C(=O)Cc1cc(Cl)ccc1F. The van der Waals surface area contributed by atoms with E-state index >= 15 is 0 Å². The van der Waals surface area contributed by atoms with E-state index in [0.29, 0.717) is 11.4 Å². The van der Waals surface area contributed by atoms with Gasteiger partial charge >= 0.3 is 0 Å². The highest BCUT2D eigenvalue weighted by Gasteiger charge is 2.16. The molecule has 2 aromatic rings. The zero-order valence-corrected chi connectivity index (χ0v) is 11.6. The number of halogens is 2. The van der Waals surface area contributed by atoms with Crippen LogP contribution in [0.25, 0.3) is 0 Å². The Morgan fingerprint density at radius 2 is 1.90 bits per heavy atom. The fourth-order valence-corrected chi connectivity index (χ4v) is 2.17. The molecule has 0 bridgehead atoms. The van der Waals surface area contributed by atoms with Gasteiger partial charge in [-0.2, -0.15) is 0 Å². The van der Waals surface area contributed by atoms with E-state index in [0.717, 1.165) is 5.56 Å². The maximum atomic E-state index is 13.6. The Bertz CT molecular complexity index is 601. The Kier molecular flexibility index (Phi) is 4.88. The van der Waals surface area contributed by atoms with Crippen molar-refractivity contribution in [2.45, 2.75) is 18.9 Å². The molecule has 1 atom stereocenters. The second kappa shape index (κ2) is 6.64. The van der Waals surface area contributed by atoms with E-state index < -0.39 is 11.9 Å². The summed E-state index contributed by atoms with van der Waals surface area (Å²) in [5.41, 5.74) is 7.15. The summed E-state index contributed by atoms with van der Waals surface area (Å²) in [6, 6.07) is 13.0.